The standard InChI is InChI=1S/C8H16O2/c1-2-3-4-5-6-7-8(9)10/h7,9-10H,2-6H2,1H3. The van der Waals surface area contributed by atoms with Crippen LogP contribution in [0.3, 0.4) is 0 Å². The van der Waals surface area contributed by atoms with Gasteiger partial charge in [-0.1, -0.05) is 26.2 Å². The number of hydrogen-bond acceptors (Lipinski definition) is 2. The van der Waals surface area contributed by atoms with E-state index in [-0.39, 0.29) is 0 Å². The van der Waals surface area contributed by atoms with Crippen molar-refractivity contribution in [2.75, 3.05) is 0 Å². The van der Waals surface area contributed by atoms with Gasteiger partial charge in [-0.05, 0) is 18.9 Å². The maximum atomic E-state index is 8.33. The summed E-state index contributed by atoms with van der Waals surface area (Å²) >= 11 is 0. The molecule has 2 heteroatoms. The van der Waals surface area contributed by atoms with Crippen LogP contribution in [-0.2, 0) is 0 Å². The highest BCUT2D eigenvalue weighted by Gasteiger charge is 1.86. The zero-order valence-corrected chi connectivity index (χ0v) is 6.51. The van der Waals surface area contributed by atoms with Crippen LogP contribution in [0, 0.1) is 0 Å². The minimum atomic E-state index is -0.545. The van der Waals surface area contributed by atoms with E-state index in [0.29, 0.717) is 0 Å². The molecule has 0 saturated carbocycles. The molecule has 0 aromatic heterocycles. The molecular formula is C8H16O2. The van der Waals surface area contributed by atoms with Crippen LogP contribution < -0.4 is 0 Å². The van der Waals surface area contributed by atoms with Crippen LogP contribution in [0.4, 0.5) is 0 Å². The van der Waals surface area contributed by atoms with E-state index in [0.717, 1.165) is 12.8 Å². The van der Waals surface area contributed by atoms with Crippen LogP contribution in [0.15, 0.2) is 12.0 Å². The van der Waals surface area contributed by atoms with Crippen molar-refractivity contribution in [3.05, 3.63) is 12.0 Å². The van der Waals surface area contributed by atoms with Crippen molar-refractivity contribution < 1.29 is 10.2 Å². The second-order valence-electron chi connectivity index (χ2n) is 2.41. The average Bonchev–Trinajstić information content (AvgIpc) is 1.87. The fourth-order valence-electron chi connectivity index (χ4n) is 0.802. The maximum Gasteiger partial charge on any atom is 0.269 e. The van der Waals surface area contributed by atoms with Gasteiger partial charge < -0.3 is 10.2 Å². The molecule has 0 radical (unpaired) electrons. The quantitative estimate of drug-likeness (QED) is 0.460. The monoisotopic (exact) mass is 144 g/mol. The lowest BCUT2D eigenvalue weighted by Gasteiger charge is -1.93. The van der Waals surface area contributed by atoms with E-state index in [1.807, 2.05) is 0 Å². The number of allylic oxidation sites excluding steroid dienone is 1. The number of hydrogen-bond donors (Lipinski definition) is 2. The molecule has 0 aliphatic carbocycles. The van der Waals surface area contributed by atoms with E-state index in [9.17, 15) is 0 Å². The van der Waals surface area contributed by atoms with Crippen molar-refractivity contribution in [2.45, 2.75) is 39.0 Å². The minimum Gasteiger partial charge on any atom is -0.481 e. The molecule has 0 aromatic carbocycles. The van der Waals surface area contributed by atoms with Crippen molar-refractivity contribution >= 4 is 0 Å². The Bertz CT molecular complexity index is 93.4. The Balaban J connectivity index is 2.98. The molecule has 2 nitrogen and oxygen atoms in total. The van der Waals surface area contributed by atoms with Gasteiger partial charge in [0.1, 0.15) is 0 Å². The molecule has 0 bridgehead atoms. The lowest BCUT2D eigenvalue weighted by atomic mass is 10.1. The second-order valence-corrected chi connectivity index (χ2v) is 2.41. The molecule has 10 heavy (non-hydrogen) atoms. The van der Waals surface area contributed by atoms with Crippen LogP contribution in [0.25, 0.3) is 0 Å². The van der Waals surface area contributed by atoms with Gasteiger partial charge in [0.25, 0.3) is 5.95 Å². The second kappa shape index (κ2) is 6.46. The molecule has 0 aromatic rings. The Morgan fingerprint density at radius 1 is 1.20 bits per heavy atom. The van der Waals surface area contributed by atoms with E-state index in [1.54, 1.807) is 0 Å². The Hall–Kier alpha value is -0.660. The summed E-state index contributed by atoms with van der Waals surface area (Å²) in [6.45, 7) is 2.15. The largest absolute Gasteiger partial charge is 0.481 e. The summed E-state index contributed by atoms with van der Waals surface area (Å²) in [7, 11) is 0. The molecule has 0 saturated heterocycles. The number of aliphatic hydroxyl groups is 2. The van der Waals surface area contributed by atoms with Crippen LogP contribution in [-0.4, -0.2) is 10.2 Å². The molecule has 0 unspecified atom stereocenters. The van der Waals surface area contributed by atoms with Crippen molar-refractivity contribution in [1.29, 1.82) is 0 Å². The summed E-state index contributed by atoms with van der Waals surface area (Å²) in [6, 6.07) is 0. The highest BCUT2D eigenvalue weighted by atomic mass is 16.5. The van der Waals surface area contributed by atoms with Gasteiger partial charge in [0.05, 0.1) is 0 Å². The smallest absolute Gasteiger partial charge is 0.269 e. The summed E-state index contributed by atoms with van der Waals surface area (Å²) in [4.78, 5) is 0. The summed E-state index contributed by atoms with van der Waals surface area (Å²) in [5.41, 5.74) is 0. The zero-order chi connectivity index (χ0) is 7.82. The Morgan fingerprint density at radius 2 is 1.90 bits per heavy atom. The van der Waals surface area contributed by atoms with Crippen LogP contribution in [0.1, 0.15) is 39.0 Å². The van der Waals surface area contributed by atoms with Gasteiger partial charge in [-0.15, -0.1) is 0 Å². The van der Waals surface area contributed by atoms with Gasteiger partial charge in [0.15, 0.2) is 0 Å². The van der Waals surface area contributed by atoms with E-state index in [4.69, 9.17) is 10.2 Å². The Labute approximate surface area is 62.2 Å². The van der Waals surface area contributed by atoms with Crippen molar-refractivity contribution in [3.8, 4) is 0 Å². The lowest BCUT2D eigenvalue weighted by molar-refractivity contribution is 0.189. The molecular weight excluding hydrogens is 128 g/mol. The molecule has 60 valence electrons. The van der Waals surface area contributed by atoms with Crippen molar-refractivity contribution in [2.24, 2.45) is 0 Å². The highest BCUT2D eigenvalue weighted by Crippen LogP contribution is 2.03. The SMILES string of the molecule is CCCCCCC=C(O)O. The first-order valence-corrected chi connectivity index (χ1v) is 3.85. The fraction of sp³-hybridized carbons (Fsp3) is 0.750. The average molecular weight is 144 g/mol. The van der Waals surface area contributed by atoms with Gasteiger partial charge in [-0.25, -0.2) is 0 Å². The normalized spacial score (nSPS) is 9.30. The van der Waals surface area contributed by atoms with E-state index in [2.05, 4.69) is 6.92 Å². The molecule has 0 rings (SSSR count). The Kier molecular flexibility index (Phi) is 6.03. The fourth-order valence-corrected chi connectivity index (χ4v) is 0.802. The molecule has 2 N–H and O–H groups in total. The van der Waals surface area contributed by atoms with Gasteiger partial charge in [-0.2, -0.15) is 0 Å². The summed E-state index contributed by atoms with van der Waals surface area (Å²) in [5, 5.41) is 16.7. The topological polar surface area (TPSA) is 40.5 Å². The Morgan fingerprint density at radius 3 is 2.40 bits per heavy atom. The minimum absolute atomic E-state index is 0.545. The highest BCUT2D eigenvalue weighted by molar-refractivity contribution is 4.78. The van der Waals surface area contributed by atoms with Gasteiger partial charge in [-0.3, -0.25) is 0 Å². The predicted octanol–water partition coefficient (Wildman–Crippen LogP) is 2.91. The van der Waals surface area contributed by atoms with E-state index in [1.165, 1.54) is 25.3 Å². The number of unbranched alkanes of at least 4 members (excludes halogenated alkanes) is 4. The molecule has 0 aliphatic rings. The van der Waals surface area contributed by atoms with E-state index < -0.39 is 5.95 Å². The lowest BCUT2D eigenvalue weighted by Crippen LogP contribution is -1.78. The van der Waals surface area contributed by atoms with Crippen LogP contribution >= 0.6 is 0 Å². The number of aliphatic hydroxyl groups excluding tert-OH is 1. The molecule has 0 amide bonds. The summed E-state index contributed by atoms with van der Waals surface area (Å²) < 4.78 is 0. The molecule has 0 aliphatic heterocycles. The van der Waals surface area contributed by atoms with Crippen LogP contribution in [0.2, 0.25) is 0 Å². The summed E-state index contributed by atoms with van der Waals surface area (Å²) in [5.74, 6) is -0.545. The number of rotatable bonds is 5. The maximum absolute atomic E-state index is 8.33. The first-order valence-electron chi connectivity index (χ1n) is 3.85. The summed E-state index contributed by atoms with van der Waals surface area (Å²) in [6.07, 6.45) is 6.91. The third-order valence-electron chi connectivity index (χ3n) is 1.38. The zero-order valence-electron chi connectivity index (χ0n) is 6.51. The van der Waals surface area contributed by atoms with Gasteiger partial charge in [0, 0.05) is 0 Å². The van der Waals surface area contributed by atoms with Crippen LogP contribution in [0.5, 0.6) is 0 Å². The first-order chi connectivity index (χ1) is 4.77. The van der Waals surface area contributed by atoms with E-state index >= 15 is 0 Å². The van der Waals surface area contributed by atoms with Gasteiger partial charge >= 0.3 is 0 Å². The third kappa shape index (κ3) is 7.34. The molecule has 0 atom stereocenters. The van der Waals surface area contributed by atoms with Crippen molar-refractivity contribution in [3.63, 3.8) is 0 Å². The van der Waals surface area contributed by atoms with Crippen molar-refractivity contribution in [1.82, 2.24) is 0 Å². The van der Waals surface area contributed by atoms with Gasteiger partial charge in [0.2, 0.25) is 0 Å². The molecule has 0 heterocycles. The third-order valence-corrected chi connectivity index (χ3v) is 1.38. The first kappa shape index (κ1) is 9.34. The molecule has 0 spiro atoms. The predicted molar refractivity (Wildman–Crippen MR) is 42.1 cm³/mol. The molecule has 0 fully saturated rings.